The third-order valence-corrected chi connectivity index (χ3v) is 4.69. The van der Waals surface area contributed by atoms with Crippen LogP contribution in [-0.4, -0.2) is 22.6 Å². The van der Waals surface area contributed by atoms with Gasteiger partial charge in [-0.15, -0.1) is 0 Å². The minimum Gasteiger partial charge on any atom is -0.378 e. The first-order chi connectivity index (χ1) is 12.6. The number of H-pyrrole nitrogens is 1. The monoisotopic (exact) mass is 370 g/mol. The second-order valence-corrected chi connectivity index (χ2v) is 6.56. The van der Waals surface area contributed by atoms with E-state index >= 15 is 0 Å². The van der Waals surface area contributed by atoms with Crippen LogP contribution in [-0.2, 0) is 13.0 Å². The minimum absolute atomic E-state index is 0.167. The highest BCUT2D eigenvalue weighted by Gasteiger charge is 2.19. The number of anilines is 1. The number of nitrogens with zero attached hydrogens (tertiary/aromatic N) is 1. The molecular formula is C19H16ClFN4O. The molecule has 1 aliphatic heterocycles. The van der Waals surface area contributed by atoms with Crippen LogP contribution in [0.25, 0.3) is 11.3 Å². The molecule has 1 aliphatic rings. The van der Waals surface area contributed by atoms with Crippen molar-refractivity contribution in [2.75, 3.05) is 11.9 Å². The summed E-state index contributed by atoms with van der Waals surface area (Å²) in [5, 5.41) is 13.5. The number of carbonyl (C=O) groups excluding carboxylic acids is 1. The molecule has 5 nitrogen and oxygen atoms in total. The second kappa shape index (κ2) is 6.80. The van der Waals surface area contributed by atoms with Crippen LogP contribution in [0.1, 0.15) is 21.5 Å². The quantitative estimate of drug-likeness (QED) is 0.654. The van der Waals surface area contributed by atoms with Gasteiger partial charge in [-0.05, 0) is 41.8 Å². The van der Waals surface area contributed by atoms with Gasteiger partial charge in [0.05, 0.1) is 17.6 Å². The van der Waals surface area contributed by atoms with Crippen LogP contribution >= 0.6 is 11.6 Å². The summed E-state index contributed by atoms with van der Waals surface area (Å²) in [6.45, 7) is 0.906. The average molecular weight is 371 g/mol. The molecule has 26 heavy (non-hydrogen) atoms. The van der Waals surface area contributed by atoms with Crippen molar-refractivity contribution in [3.05, 3.63) is 70.1 Å². The lowest BCUT2D eigenvalue weighted by molar-refractivity contribution is 0.0946. The Morgan fingerprint density at radius 3 is 2.85 bits per heavy atom. The van der Waals surface area contributed by atoms with Crippen molar-refractivity contribution in [2.24, 2.45) is 0 Å². The maximum atomic E-state index is 14.4. The highest BCUT2D eigenvalue weighted by atomic mass is 35.5. The molecule has 2 aromatic carbocycles. The van der Waals surface area contributed by atoms with Gasteiger partial charge in [0.25, 0.3) is 5.91 Å². The molecule has 2 heterocycles. The predicted molar refractivity (Wildman–Crippen MR) is 98.8 cm³/mol. The lowest BCUT2D eigenvalue weighted by Gasteiger charge is -2.18. The number of hydrogen-bond acceptors (Lipinski definition) is 3. The second-order valence-electron chi connectivity index (χ2n) is 6.13. The van der Waals surface area contributed by atoms with Gasteiger partial charge < -0.3 is 10.6 Å². The molecule has 0 bridgehead atoms. The normalized spacial score (nSPS) is 13.2. The molecule has 0 atom stereocenters. The lowest BCUT2D eigenvalue weighted by atomic mass is 9.99. The van der Waals surface area contributed by atoms with Gasteiger partial charge in [-0.2, -0.15) is 5.10 Å². The summed E-state index contributed by atoms with van der Waals surface area (Å²) in [5.74, 6) is -0.533. The summed E-state index contributed by atoms with van der Waals surface area (Å²) < 4.78 is 14.4. The van der Waals surface area contributed by atoms with E-state index in [-0.39, 0.29) is 11.7 Å². The van der Waals surface area contributed by atoms with E-state index in [4.69, 9.17) is 11.6 Å². The fourth-order valence-electron chi connectivity index (χ4n) is 3.08. The fourth-order valence-corrected chi connectivity index (χ4v) is 3.20. The van der Waals surface area contributed by atoms with Gasteiger partial charge in [0, 0.05) is 29.2 Å². The molecule has 3 aromatic rings. The molecule has 0 unspecified atom stereocenters. The molecule has 0 radical (unpaired) electrons. The molecule has 0 saturated heterocycles. The molecule has 0 spiro atoms. The first-order valence-corrected chi connectivity index (χ1v) is 8.62. The third kappa shape index (κ3) is 3.15. The zero-order valence-corrected chi connectivity index (χ0v) is 14.5. The molecule has 3 N–H and O–H groups in total. The molecule has 0 saturated carbocycles. The van der Waals surface area contributed by atoms with Crippen LogP contribution in [0, 0.1) is 5.82 Å². The zero-order valence-electron chi connectivity index (χ0n) is 13.8. The molecule has 4 rings (SSSR count). The average Bonchev–Trinajstić information content (AvgIpc) is 3.10. The summed E-state index contributed by atoms with van der Waals surface area (Å²) in [5.41, 5.74) is 4.21. The van der Waals surface area contributed by atoms with Gasteiger partial charge in [-0.1, -0.05) is 23.7 Å². The highest BCUT2D eigenvalue weighted by molar-refractivity contribution is 6.30. The van der Waals surface area contributed by atoms with Crippen LogP contribution in [0.15, 0.2) is 42.6 Å². The van der Waals surface area contributed by atoms with Crippen molar-refractivity contribution >= 4 is 23.2 Å². The molecule has 0 aliphatic carbocycles. The Hall–Kier alpha value is -2.86. The molecule has 0 fully saturated rings. The van der Waals surface area contributed by atoms with Crippen molar-refractivity contribution < 1.29 is 9.18 Å². The lowest BCUT2D eigenvalue weighted by Crippen LogP contribution is -2.32. The van der Waals surface area contributed by atoms with Gasteiger partial charge in [0.15, 0.2) is 0 Å². The number of benzene rings is 2. The molecule has 132 valence electrons. The van der Waals surface area contributed by atoms with E-state index in [0.717, 1.165) is 22.4 Å². The minimum atomic E-state index is -0.366. The molecule has 1 aromatic heterocycles. The van der Waals surface area contributed by atoms with Crippen molar-refractivity contribution in [3.8, 4) is 11.3 Å². The van der Waals surface area contributed by atoms with E-state index in [0.29, 0.717) is 35.8 Å². The van der Waals surface area contributed by atoms with E-state index < -0.39 is 0 Å². The molecule has 1 amide bonds. The van der Waals surface area contributed by atoms with Gasteiger partial charge in [-0.25, -0.2) is 4.39 Å². The number of nitrogens with one attached hydrogen (secondary N) is 3. The largest absolute Gasteiger partial charge is 0.378 e. The van der Waals surface area contributed by atoms with Gasteiger partial charge in [0.2, 0.25) is 0 Å². The number of amides is 1. The Kier molecular flexibility index (Phi) is 4.34. The zero-order chi connectivity index (χ0) is 18.1. The summed E-state index contributed by atoms with van der Waals surface area (Å²) >= 11 is 5.93. The summed E-state index contributed by atoms with van der Waals surface area (Å²) in [6, 6.07) is 10.4. The van der Waals surface area contributed by atoms with E-state index in [1.54, 1.807) is 24.4 Å². The predicted octanol–water partition coefficient (Wildman–Crippen LogP) is 3.77. The number of aromatic amines is 1. The van der Waals surface area contributed by atoms with E-state index in [1.807, 2.05) is 12.1 Å². The number of rotatable bonds is 4. The van der Waals surface area contributed by atoms with E-state index in [2.05, 4.69) is 20.8 Å². The van der Waals surface area contributed by atoms with Gasteiger partial charge in [0.1, 0.15) is 5.82 Å². The van der Waals surface area contributed by atoms with E-state index in [1.165, 1.54) is 6.07 Å². The topological polar surface area (TPSA) is 69.8 Å². The number of fused-ring (bicyclic) bond motifs is 1. The Balaban J connectivity index is 1.57. The fraction of sp³-hybridized carbons (Fsp3) is 0.158. The molecular weight excluding hydrogens is 355 g/mol. The number of aromatic nitrogens is 2. The number of halogens is 2. The SMILES string of the molecule is O=C1NCCc2cc(F)c(NCc3cn[nH]c3-c3ccc(Cl)cc3)cc21. The standard InChI is InChI=1S/C19H16ClFN4O/c20-14-3-1-11(2-4-14)18-13(10-24-25-18)9-23-17-8-15-12(7-16(17)21)5-6-22-19(15)26/h1-4,7-8,10,23H,5-6,9H2,(H,22,26)(H,24,25). The van der Waals surface area contributed by atoms with Crippen LogP contribution in [0.5, 0.6) is 0 Å². The maximum Gasteiger partial charge on any atom is 0.251 e. The Labute approximate surface area is 154 Å². The van der Waals surface area contributed by atoms with Gasteiger partial charge in [-0.3, -0.25) is 9.89 Å². The Bertz CT molecular complexity index is 968. The Morgan fingerprint density at radius 1 is 1.23 bits per heavy atom. The van der Waals surface area contributed by atoms with E-state index in [9.17, 15) is 9.18 Å². The number of carbonyl (C=O) groups is 1. The van der Waals surface area contributed by atoms with Gasteiger partial charge >= 0.3 is 0 Å². The van der Waals surface area contributed by atoms with Crippen LogP contribution in [0.2, 0.25) is 5.02 Å². The van der Waals surface area contributed by atoms with Crippen LogP contribution in [0.3, 0.4) is 0 Å². The number of hydrogen-bond donors (Lipinski definition) is 3. The van der Waals surface area contributed by atoms with Crippen molar-refractivity contribution in [1.82, 2.24) is 15.5 Å². The Morgan fingerprint density at radius 2 is 2.04 bits per heavy atom. The van der Waals surface area contributed by atoms with Crippen molar-refractivity contribution in [2.45, 2.75) is 13.0 Å². The maximum absolute atomic E-state index is 14.4. The first-order valence-electron chi connectivity index (χ1n) is 8.24. The summed E-state index contributed by atoms with van der Waals surface area (Å²) in [7, 11) is 0. The van der Waals surface area contributed by atoms with Crippen molar-refractivity contribution in [1.29, 1.82) is 0 Å². The summed E-state index contributed by atoms with van der Waals surface area (Å²) in [6.07, 6.45) is 2.33. The van der Waals surface area contributed by atoms with Crippen LogP contribution in [0.4, 0.5) is 10.1 Å². The smallest absolute Gasteiger partial charge is 0.251 e. The highest BCUT2D eigenvalue weighted by Crippen LogP contribution is 2.26. The first kappa shape index (κ1) is 16.6. The summed E-state index contributed by atoms with van der Waals surface area (Å²) in [4.78, 5) is 12.0. The van der Waals surface area contributed by atoms with Crippen molar-refractivity contribution in [3.63, 3.8) is 0 Å². The molecule has 7 heteroatoms. The third-order valence-electron chi connectivity index (χ3n) is 4.44. The van der Waals surface area contributed by atoms with Crippen LogP contribution < -0.4 is 10.6 Å².